The zero-order valence-electron chi connectivity index (χ0n) is 16.8. The molecule has 1 aromatic carbocycles. The van der Waals surface area contributed by atoms with Gasteiger partial charge in [-0.2, -0.15) is 0 Å². The first-order valence-corrected chi connectivity index (χ1v) is 10.5. The number of anilines is 1. The van der Waals surface area contributed by atoms with Gasteiger partial charge in [-0.1, -0.05) is 6.07 Å². The van der Waals surface area contributed by atoms with Crippen molar-refractivity contribution in [2.24, 2.45) is 5.92 Å². The molecule has 1 saturated heterocycles. The van der Waals surface area contributed by atoms with Crippen LogP contribution in [0.1, 0.15) is 46.6 Å². The van der Waals surface area contributed by atoms with Gasteiger partial charge in [0.2, 0.25) is 21.8 Å². The average molecular weight is 396 g/mol. The molecule has 1 atom stereocenters. The number of carbonyl (C=O) groups is 2. The molecule has 7 nitrogen and oxygen atoms in total. The fourth-order valence-corrected chi connectivity index (χ4v) is 4.64. The van der Waals surface area contributed by atoms with Gasteiger partial charge in [-0.25, -0.2) is 13.1 Å². The average Bonchev–Trinajstić information content (AvgIpc) is 2.90. The third-order valence-electron chi connectivity index (χ3n) is 4.44. The van der Waals surface area contributed by atoms with E-state index in [9.17, 15) is 18.0 Å². The molecule has 8 heteroatoms. The van der Waals surface area contributed by atoms with E-state index in [0.29, 0.717) is 17.8 Å². The maximum Gasteiger partial charge on any atom is 0.241 e. The zero-order chi connectivity index (χ0) is 20.6. The highest BCUT2D eigenvalue weighted by Gasteiger charge is 2.39. The number of carbonyl (C=O) groups excluding carboxylic acids is 2. The fourth-order valence-electron chi connectivity index (χ4n) is 3.12. The minimum Gasteiger partial charge on any atom is -0.337 e. The Kier molecular flexibility index (Phi) is 6.01. The van der Waals surface area contributed by atoms with E-state index < -0.39 is 15.9 Å². The number of benzene rings is 1. The van der Waals surface area contributed by atoms with Gasteiger partial charge in [-0.05, 0) is 59.2 Å². The lowest BCUT2D eigenvalue weighted by atomic mass is 10.1. The van der Waals surface area contributed by atoms with Gasteiger partial charge >= 0.3 is 0 Å². The Balaban J connectivity index is 2.18. The van der Waals surface area contributed by atoms with Gasteiger partial charge in [0.25, 0.3) is 0 Å². The van der Waals surface area contributed by atoms with Crippen LogP contribution in [0.5, 0.6) is 0 Å². The maximum atomic E-state index is 12.6. The molecular weight excluding hydrogens is 366 g/mol. The van der Waals surface area contributed by atoms with Crippen molar-refractivity contribution in [1.29, 1.82) is 0 Å². The lowest BCUT2D eigenvalue weighted by Crippen LogP contribution is -2.42. The molecule has 1 unspecified atom stereocenters. The van der Waals surface area contributed by atoms with Crippen molar-refractivity contribution >= 4 is 27.5 Å². The maximum absolute atomic E-state index is 12.6. The molecule has 0 spiro atoms. The Labute approximate surface area is 161 Å². The normalized spacial score (nSPS) is 18.3. The third kappa shape index (κ3) is 5.07. The van der Waals surface area contributed by atoms with Crippen LogP contribution < -0.4 is 10.0 Å². The number of aryl methyl sites for hydroxylation is 1. The van der Waals surface area contributed by atoms with Gasteiger partial charge in [0, 0.05) is 30.2 Å². The van der Waals surface area contributed by atoms with Crippen molar-refractivity contribution in [3.05, 3.63) is 23.8 Å². The summed E-state index contributed by atoms with van der Waals surface area (Å²) in [5.74, 6) is -0.776. The zero-order valence-corrected chi connectivity index (χ0v) is 17.6. The monoisotopic (exact) mass is 395 g/mol. The van der Waals surface area contributed by atoms with Crippen molar-refractivity contribution in [1.82, 2.24) is 9.62 Å². The molecule has 0 aliphatic carbocycles. The number of rotatable bonds is 5. The highest BCUT2D eigenvalue weighted by atomic mass is 32.2. The highest BCUT2D eigenvalue weighted by molar-refractivity contribution is 7.89. The van der Waals surface area contributed by atoms with Crippen LogP contribution in [0.2, 0.25) is 0 Å². The number of amides is 2. The van der Waals surface area contributed by atoms with Crippen LogP contribution in [-0.2, 0) is 19.6 Å². The molecule has 2 rings (SSSR count). The Morgan fingerprint density at radius 2 is 1.89 bits per heavy atom. The topological polar surface area (TPSA) is 95.6 Å². The Hall–Kier alpha value is -1.93. The summed E-state index contributed by atoms with van der Waals surface area (Å²) in [6.07, 6.45) is 0.162. The molecule has 1 aliphatic heterocycles. The second-order valence-electron chi connectivity index (χ2n) is 8.32. The molecule has 150 valence electrons. The Morgan fingerprint density at radius 3 is 2.41 bits per heavy atom. The van der Waals surface area contributed by atoms with Crippen molar-refractivity contribution < 1.29 is 18.0 Å². The van der Waals surface area contributed by atoms with Crippen molar-refractivity contribution in [3.8, 4) is 0 Å². The number of nitrogens with one attached hydrogen (secondary N) is 2. The molecule has 2 amide bonds. The summed E-state index contributed by atoms with van der Waals surface area (Å²) in [6, 6.07) is 4.54. The van der Waals surface area contributed by atoms with Gasteiger partial charge in [-0.3, -0.25) is 9.59 Å². The molecule has 0 saturated carbocycles. The molecule has 1 heterocycles. The van der Waals surface area contributed by atoms with Crippen molar-refractivity contribution in [2.45, 2.75) is 64.4 Å². The molecule has 27 heavy (non-hydrogen) atoms. The van der Waals surface area contributed by atoms with E-state index >= 15 is 0 Å². The Morgan fingerprint density at radius 1 is 1.26 bits per heavy atom. The first-order chi connectivity index (χ1) is 12.3. The first kappa shape index (κ1) is 21.4. The molecule has 0 aromatic heterocycles. The molecule has 1 aromatic rings. The number of likely N-dealkylation sites (tertiary alicyclic amines) is 1. The summed E-state index contributed by atoms with van der Waals surface area (Å²) in [5.41, 5.74) is 0.659. The van der Waals surface area contributed by atoms with Crippen LogP contribution in [0, 0.1) is 12.8 Å². The quantitative estimate of drug-likeness (QED) is 0.799. The lowest BCUT2D eigenvalue weighted by molar-refractivity contribution is -0.131. The third-order valence-corrected chi connectivity index (χ3v) is 6.24. The Bertz CT molecular complexity index is 841. The van der Waals surface area contributed by atoms with E-state index in [1.54, 1.807) is 37.8 Å². The van der Waals surface area contributed by atoms with Crippen LogP contribution in [0.4, 0.5) is 5.69 Å². The minimum atomic E-state index is -3.67. The predicted molar refractivity (Wildman–Crippen MR) is 105 cm³/mol. The summed E-state index contributed by atoms with van der Waals surface area (Å²) in [4.78, 5) is 26.6. The predicted octanol–water partition coefficient (Wildman–Crippen LogP) is 2.27. The molecule has 2 N–H and O–H groups in total. The minimum absolute atomic E-state index is 0.0454. The van der Waals surface area contributed by atoms with E-state index in [4.69, 9.17) is 0 Å². The van der Waals surface area contributed by atoms with E-state index in [2.05, 4.69) is 10.0 Å². The van der Waals surface area contributed by atoms with Gasteiger partial charge < -0.3 is 10.2 Å². The van der Waals surface area contributed by atoms with E-state index in [1.807, 2.05) is 20.8 Å². The molecule has 1 fully saturated rings. The van der Waals surface area contributed by atoms with Crippen LogP contribution >= 0.6 is 0 Å². The first-order valence-electron chi connectivity index (χ1n) is 9.05. The standard InChI is InChI=1S/C19H29N3O4S/c1-12(2)21-27(25,26)16-10-15(8-7-13(16)3)20-18(24)14-9-17(23)22(11-14)19(4,5)6/h7-8,10,12,14,21H,9,11H2,1-6H3,(H,20,24). The van der Waals surface area contributed by atoms with Gasteiger partial charge in [0.05, 0.1) is 10.8 Å². The van der Waals surface area contributed by atoms with E-state index in [0.717, 1.165) is 0 Å². The summed E-state index contributed by atoms with van der Waals surface area (Å²) in [6.45, 7) is 11.4. The number of hydrogen-bond acceptors (Lipinski definition) is 4. The van der Waals surface area contributed by atoms with Gasteiger partial charge in [0.15, 0.2) is 0 Å². The second kappa shape index (κ2) is 7.59. The highest BCUT2D eigenvalue weighted by Crippen LogP contribution is 2.27. The van der Waals surface area contributed by atoms with Crippen LogP contribution in [-0.4, -0.2) is 43.3 Å². The second-order valence-corrected chi connectivity index (χ2v) is 10.0. The smallest absolute Gasteiger partial charge is 0.241 e. The molecule has 1 aliphatic rings. The van der Waals surface area contributed by atoms with Crippen LogP contribution in [0.15, 0.2) is 23.1 Å². The summed E-state index contributed by atoms with van der Waals surface area (Å²) in [7, 11) is -3.67. The molecule has 0 radical (unpaired) electrons. The summed E-state index contributed by atoms with van der Waals surface area (Å²) < 4.78 is 27.5. The lowest BCUT2D eigenvalue weighted by Gasteiger charge is -2.31. The summed E-state index contributed by atoms with van der Waals surface area (Å²) >= 11 is 0. The SMILES string of the molecule is Cc1ccc(NC(=O)C2CC(=O)N(C(C)(C)C)C2)cc1S(=O)(=O)NC(C)C. The van der Waals surface area contributed by atoms with E-state index in [1.165, 1.54) is 6.07 Å². The number of nitrogens with zero attached hydrogens (tertiary/aromatic N) is 1. The van der Waals surface area contributed by atoms with Crippen LogP contribution in [0.25, 0.3) is 0 Å². The van der Waals surface area contributed by atoms with Crippen LogP contribution in [0.3, 0.4) is 0 Å². The summed E-state index contributed by atoms with van der Waals surface area (Å²) in [5, 5.41) is 2.76. The largest absolute Gasteiger partial charge is 0.337 e. The van der Waals surface area contributed by atoms with Crippen molar-refractivity contribution in [3.63, 3.8) is 0 Å². The number of sulfonamides is 1. The molecule has 0 bridgehead atoms. The van der Waals surface area contributed by atoms with Gasteiger partial charge in [-0.15, -0.1) is 0 Å². The van der Waals surface area contributed by atoms with E-state index in [-0.39, 0.29) is 34.7 Å². The van der Waals surface area contributed by atoms with Crippen molar-refractivity contribution in [2.75, 3.05) is 11.9 Å². The molecular formula is C19H29N3O4S. The number of hydrogen-bond donors (Lipinski definition) is 2. The van der Waals surface area contributed by atoms with Gasteiger partial charge in [0.1, 0.15) is 0 Å². The fraction of sp³-hybridized carbons (Fsp3) is 0.579.